The van der Waals surface area contributed by atoms with Gasteiger partial charge in [0.15, 0.2) is 0 Å². The lowest BCUT2D eigenvalue weighted by Gasteiger charge is -2.15. The molecule has 1 aromatic rings. The van der Waals surface area contributed by atoms with Gasteiger partial charge in [0.2, 0.25) is 0 Å². The van der Waals surface area contributed by atoms with Crippen molar-refractivity contribution in [2.45, 2.75) is 17.2 Å². The molecule has 0 saturated carbocycles. The van der Waals surface area contributed by atoms with Crippen LogP contribution in [-0.2, 0) is 12.4 Å². The molecule has 1 aromatic carbocycles. The minimum Gasteiger partial charge on any atom is -0.166 e. The van der Waals surface area contributed by atoms with Crippen molar-refractivity contribution in [3.05, 3.63) is 29.3 Å². The van der Waals surface area contributed by atoms with Crippen molar-refractivity contribution in [1.82, 2.24) is 0 Å². The minimum absolute atomic E-state index is 0.139. The quantitative estimate of drug-likeness (QED) is 0.531. The van der Waals surface area contributed by atoms with Gasteiger partial charge in [-0.25, -0.2) is 0 Å². The summed E-state index contributed by atoms with van der Waals surface area (Å²) in [5.74, 6) is 0. The molecule has 0 fully saturated rings. The van der Waals surface area contributed by atoms with Gasteiger partial charge in [-0.15, -0.1) is 11.8 Å². The summed E-state index contributed by atoms with van der Waals surface area (Å²) in [6, 6.07) is 1.98. The summed E-state index contributed by atoms with van der Waals surface area (Å²) in [4.78, 5) is 0.139. The number of alkyl halides is 6. The summed E-state index contributed by atoms with van der Waals surface area (Å²) in [6.07, 6.45) is -8.51. The highest BCUT2D eigenvalue weighted by Gasteiger charge is 2.42. The molecule has 16 heavy (non-hydrogen) atoms. The molecule has 1 rings (SSSR count). The molecular formula is C9H6F6S. The molecule has 0 amide bonds. The molecule has 0 N–H and O–H groups in total. The molecule has 0 saturated heterocycles. The maximum atomic E-state index is 12.4. The Balaban J connectivity index is 3.40. The molecule has 0 radical (unpaired) electrons. The maximum absolute atomic E-state index is 12.4. The van der Waals surface area contributed by atoms with Crippen LogP contribution in [0.5, 0.6) is 0 Å². The van der Waals surface area contributed by atoms with Crippen LogP contribution < -0.4 is 0 Å². The molecule has 0 nitrogen and oxygen atoms in total. The summed E-state index contributed by atoms with van der Waals surface area (Å²) in [5.41, 5.74) is -3.30. The van der Waals surface area contributed by atoms with Crippen molar-refractivity contribution in [3.63, 3.8) is 0 Å². The zero-order chi connectivity index (χ0) is 12.6. The Bertz CT molecular complexity index is 379. The molecule has 0 aliphatic carbocycles. The monoisotopic (exact) mass is 260 g/mol. The van der Waals surface area contributed by atoms with Gasteiger partial charge in [-0.1, -0.05) is 0 Å². The summed E-state index contributed by atoms with van der Waals surface area (Å²) in [6.45, 7) is 0. The molecule has 0 aromatic heterocycles. The maximum Gasteiger partial charge on any atom is 0.417 e. The fraction of sp³-hybridized carbons (Fsp3) is 0.333. The van der Waals surface area contributed by atoms with E-state index in [-0.39, 0.29) is 4.90 Å². The van der Waals surface area contributed by atoms with E-state index in [1.807, 2.05) is 0 Å². The lowest BCUT2D eigenvalue weighted by Crippen LogP contribution is -2.16. The Morgan fingerprint density at radius 3 is 1.75 bits per heavy atom. The van der Waals surface area contributed by atoms with E-state index in [1.54, 1.807) is 0 Å². The molecule has 0 atom stereocenters. The molecule has 0 spiro atoms. The fourth-order valence-electron chi connectivity index (χ4n) is 1.13. The SMILES string of the molecule is CSc1ccc(C(F)(F)F)c(C(F)(F)F)c1. The van der Waals surface area contributed by atoms with Crippen molar-refractivity contribution < 1.29 is 26.3 Å². The van der Waals surface area contributed by atoms with Gasteiger partial charge < -0.3 is 0 Å². The molecule has 0 unspecified atom stereocenters. The average Bonchev–Trinajstić information content (AvgIpc) is 2.14. The van der Waals surface area contributed by atoms with E-state index in [1.165, 1.54) is 6.26 Å². The van der Waals surface area contributed by atoms with Crippen molar-refractivity contribution >= 4 is 11.8 Å². The highest BCUT2D eigenvalue weighted by atomic mass is 32.2. The predicted molar refractivity (Wildman–Crippen MR) is 48.2 cm³/mol. The third-order valence-corrected chi connectivity index (χ3v) is 2.56. The van der Waals surface area contributed by atoms with E-state index in [0.717, 1.165) is 17.8 Å². The molecule has 0 bridgehead atoms. The summed E-state index contributed by atoms with van der Waals surface area (Å²) < 4.78 is 74.1. The van der Waals surface area contributed by atoms with E-state index in [2.05, 4.69) is 0 Å². The standard InChI is InChI=1S/C9H6F6S/c1-16-5-2-3-6(8(10,11)12)7(4-5)9(13,14)15/h2-4H,1H3. The Morgan fingerprint density at radius 1 is 0.875 bits per heavy atom. The second kappa shape index (κ2) is 4.20. The van der Waals surface area contributed by atoms with Gasteiger partial charge in [-0.2, -0.15) is 26.3 Å². The van der Waals surface area contributed by atoms with Gasteiger partial charge in [0.1, 0.15) is 0 Å². The minimum atomic E-state index is -5.00. The van der Waals surface area contributed by atoms with Crippen LogP contribution in [0.4, 0.5) is 26.3 Å². The average molecular weight is 260 g/mol. The van der Waals surface area contributed by atoms with E-state index in [9.17, 15) is 26.3 Å². The number of hydrogen-bond acceptors (Lipinski definition) is 1. The molecular weight excluding hydrogens is 254 g/mol. The van der Waals surface area contributed by atoms with Crippen LogP contribution in [0.25, 0.3) is 0 Å². The van der Waals surface area contributed by atoms with Crippen molar-refractivity contribution in [3.8, 4) is 0 Å². The Morgan fingerprint density at radius 2 is 1.38 bits per heavy atom. The Labute approximate surface area is 91.6 Å². The lowest BCUT2D eigenvalue weighted by atomic mass is 10.1. The van der Waals surface area contributed by atoms with E-state index < -0.39 is 23.5 Å². The summed E-state index contributed by atoms with van der Waals surface area (Å²) in [5, 5.41) is 0. The first kappa shape index (κ1) is 13.2. The third kappa shape index (κ3) is 2.84. The van der Waals surface area contributed by atoms with Crippen molar-refractivity contribution in [1.29, 1.82) is 0 Å². The van der Waals surface area contributed by atoms with Crippen LogP contribution in [0.2, 0.25) is 0 Å². The normalized spacial score (nSPS) is 12.9. The molecule has 0 heterocycles. The molecule has 0 aliphatic heterocycles. The number of halogens is 6. The molecule has 0 aliphatic rings. The molecule has 90 valence electrons. The largest absolute Gasteiger partial charge is 0.417 e. The van der Waals surface area contributed by atoms with Gasteiger partial charge in [-0.05, 0) is 24.5 Å². The van der Waals surface area contributed by atoms with Gasteiger partial charge in [0.05, 0.1) is 11.1 Å². The van der Waals surface area contributed by atoms with Crippen LogP contribution >= 0.6 is 11.8 Å². The Kier molecular flexibility index (Phi) is 3.47. The summed E-state index contributed by atoms with van der Waals surface area (Å²) >= 11 is 0.951. The van der Waals surface area contributed by atoms with Gasteiger partial charge in [0.25, 0.3) is 0 Å². The van der Waals surface area contributed by atoms with Crippen molar-refractivity contribution in [2.24, 2.45) is 0 Å². The predicted octanol–water partition coefficient (Wildman–Crippen LogP) is 4.45. The third-order valence-electron chi connectivity index (χ3n) is 1.84. The van der Waals surface area contributed by atoms with Crippen LogP contribution in [0.15, 0.2) is 23.1 Å². The van der Waals surface area contributed by atoms with Crippen LogP contribution in [0.3, 0.4) is 0 Å². The highest BCUT2D eigenvalue weighted by Crippen LogP contribution is 2.41. The van der Waals surface area contributed by atoms with Crippen molar-refractivity contribution in [2.75, 3.05) is 6.26 Å². The number of benzene rings is 1. The first-order valence-electron chi connectivity index (χ1n) is 3.98. The lowest BCUT2D eigenvalue weighted by molar-refractivity contribution is -0.162. The highest BCUT2D eigenvalue weighted by molar-refractivity contribution is 7.98. The van der Waals surface area contributed by atoms with E-state index in [4.69, 9.17) is 0 Å². The Hall–Kier alpha value is -0.850. The first-order chi connectivity index (χ1) is 7.16. The van der Waals surface area contributed by atoms with Crippen LogP contribution in [0, 0.1) is 0 Å². The fourth-order valence-corrected chi connectivity index (χ4v) is 1.57. The second-order valence-corrected chi connectivity index (χ2v) is 3.79. The zero-order valence-electron chi connectivity index (χ0n) is 7.91. The first-order valence-corrected chi connectivity index (χ1v) is 5.21. The number of rotatable bonds is 1. The van der Waals surface area contributed by atoms with Gasteiger partial charge in [-0.3, -0.25) is 0 Å². The molecule has 7 heteroatoms. The zero-order valence-corrected chi connectivity index (χ0v) is 8.72. The smallest absolute Gasteiger partial charge is 0.166 e. The summed E-state index contributed by atoms with van der Waals surface area (Å²) in [7, 11) is 0. The van der Waals surface area contributed by atoms with Gasteiger partial charge in [0, 0.05) is 4.90 Å². The van der Waals surface area contributed by atoms with Crippen LogP contribution in [0.1, 0.15) is 11.1 Å². The van der Waals surface area contributed by atoms with Gasteiger partial charge >= 0.3 is 12.4 Å². The topological polar surface area (TPSA) is 0 Å². The van der Waals surface area contributed by atoms with E-state index in [0.29, 0.717) is 12.1 Å². The number of thioether (sulfide) groups is 1. The van der Waals surface area contributed by atoms with Crippen LogP contribution in [-0.4, -0.2) is 6.26 Å². The second-order valence-electron chi connectivity index (χ2n) is 2.91. The number of hydrogen-bond donors (Lipinski definition) is 0. The van der Waals surface area contributed by atoms with E-state index >= 15 is 0 Å².